The molecule has 1 atom stereocenters. The highest BCUT2D eigenvalue weighted by Crippen LogP contribution is 2.29. The fraction of sp³-hybridized carbons (Fsp3) is 0.143. The van der Waals surface area contributed by atoms with Crippen LogP contribution in [0.5, 0.6) is 0 Å². The minimum Gasteiger partial charge on any atom is -0.380 e. The van der Waals surface area contributed by atoms with Crippen LogP contribution >= 0.6 is 0 Å². The van der Waals surface area contributed by atoms with Crippen molar-refractivity contribution in [3.63, 3.8) is 0 Å². The molecule has 4 aromatic rings. The van der Waals surface area contributed by atoms with E-state index < -0.39 is 0 Å². The summed E-state index contributed by atoms with van der Waals surface area (Å²) in [6.07, 6.45) is 3.83. The standard InChI is InChI=1S/C28H27N5/c1-20(21-8-4-2-5-9-21)30-25-16-17-26(25)32-27-18-19-29-28(33-27)31-24-14-12-23(13-15-24)22-10-6-3-7-11-22/h2-15,18-20,30H,16-17H2,1H3,(H2,29,31,32,33). The summed E-state index contributed by atoms with van der Waals surface area (Å²) in [5.74, 6) is 1.36. The molecule has 3 aromatic carbocycles. The lowest BCUT2D eigenvalue weighted by molar-refractivity contribution is 0.583. The molecule has 1 aliphatic carbocycles. The predicted molar refractivity (Wildman–Crippen MR) is 135 cm³/mol. The normalized spacial score (nSPS) is 13.7. The van der Waals surface area contributed by atoms with E-state index in [2.05, 4.69) is 93.5 Å². The predicted octanol–water partition coefficient (Wildman–Crippen LogP) is 6.66. The van der Waals surface area contributed by atoms with Crippen LogP contribution in [0.2, 0.25) is 0 Å². The zero-order chi connectivity index (χ0) is 22.5. The van der Waals surface area contributed by atoms with Crippen LogP contribution in [0.3, 0.4) is 0 Å². The van der Waals surface area contributed by atoms with Gasteiger partial charge in [-0.2, -0.15) is 4.98 Å². The van der Waals surface area contributed by atoms with Crippen molar-refractivity contribution >= 4 is 17.5 Å². The number of anilines is 3. The van der Waals surface area contributed by atoms with Gasteiger partial charge in [-0.3, -0.25) is 0 Å². The molecule has 0 amide bonds. The van der Waals surface area contributed by atoms with Crippen molar-refractivity contribution < 1.29 is 0 Å². The molecule has 5 heteroatoms. The number of hydrogen-bond acceptors (Lipinski definition) is 5. The molecule has 5 rings (SSSR count). The van der Waals surface area contributed by atoms with Gasteiger partial charge < -0.3 is 16.0 Å². The van der Waals surface area contributed by atoms with E-state index in [0.717, 1.165) is 24.3 Å². The Balaban J connectivity index is 1.24. The summed E-state index contributed by atoms with van der Waals surface area (Å²) in [5, 5.41) is 10.4. The molecule has 1 aliphatic rings. The van der Waals surface area contributed by atoms with E-state index in [1.807, 2.05) is 30.3 Å². The van der Waals surface area contributed by atoms with Crippen LogP contribution < -0.4 is 16.0 Å². The average molecular weight is 434 g/mol. The van der Waals surface area contributed by atoms with Gasteiger partial charge in [0.1, 0.15) is 5.82 Å². The molecule has 0 spiro atoms. The Morgan fingerprint density at radius 2 is 1.36 bits per heavy atom. The second kappa shape index (κ2) is 9.57. The Morgan fingerprint density at radius 1 is 0.697 bits per heavy atom. The smallest absolute Gasteiger partial charge is 0.229 e. The maximum atomic E-state index is 4.65. The molecule has 0 radical (unpaired) electrons. The second-order valence-electron chi connectivity index (χ2n) is 8.19. The first kappa shape index (κ1) is 20.8. The van der Waals surface area contributed by atoms with Gasteiger partial charge in [-0.1, -0.05) is 72.8 Å². The number of benzene rings is 3. The molecule has 3 N–H and O–H groups in total. The molecule has 1 unspecified atom stereocenters. The summed E-state index contributed by atoms with van der Waals surface area (Å²) in [6.45, 7) is 2.19. The summed E-state index contributed by atoms with van der Waals surface area (Å²) >= 11 is 0. The van der Waals surface area contributed by atoms with E-state index >= 15 is 0 Å². The molecule has 164 valence electrons. The van der Waals surface area contributed by atoms with Crippen molar-refractivity contribution in [2.75, 3.05) is 10.6 Å². The number of nitrogens with one attached hydrogen (secondary N) is 3. The Labute approximate surface area is 194 Å². The highest BCUT2D eigenvalue weighted by Gasteiger charge is 2.20. The Hall–Kier alpha value is -4.12. The van der Waals surface area contributed by atoms with E-state index in [0.29, 0.717) is 5.95 Å². The molecule has 1 aromatic heterocycles. The third kappa shape index (κ3) is 5.04. The topological polar surface area (TPSA) is 61.9 Å². The van der Waals surface area contributed by atoms with Gasteiger partial charge in [-0.05, 0) is 54.7 Å². The zero-order valence-corrected chi connectivity index (χ0v) is 18.6. The van der Waals surface area contributed by atoms with Crippen molar-refractivity contribution in [1.82, 2.24) is 15.3 Å². The molecular weight excluding hydrogens is 406 g/mol. The third-order valence-corrected chi connectivity index (χ3v) is 5.86. The fourth-order valence-corrected chi connectivity index (χ4v) is 3.91. The molecule has 0 bridgehead atoms. The first-order chi connectivity index (χ1) is 16.2. The lowest BCUT2D eigenvalue weighted by atomic mass is 9.98. The quantitative estimate of drug-likeness (QED) is 0.290. The van der Waals surface area contributed by atoms with Gasteiger partial charge in [0.05, 0.1) is 0 Å². The van der Waals surface area contributed by atoms with Crippen LogP contribution in [0.1, 0.15) is 31.4 Å². The zero-order valence-electron chi connectivity index (χ0n) is 18.6. The van der Waals surface area contributed by atoms with Crippen molar-refractivity contribution in [1.29, 1.82) is 0 Å². The van der Waals surface area contributed by atoms with Gasteiger partial charge >= 0.3 is 0 Å². The maximum Gasteiger partial charge on any atom is 0.229 e. The van der Waals surface area contributed by atoms with Gasteiger partial charge in [-0.15, -0.1) is 0 Å². The summed E-state index contributed by atoms with van der Waals surface area (Å²) in [5.41, 5.74) is 7.05. The van der Waals surface area contributed by atoms with Crippen molar-refractivity contribution in [2.45, 2.75) is 25.8 Å². The highest BCUT2D eigenvalue weighted by molar-refractivity contribution is 5.67. The number of nitrogens with zero attached hydrogens (tertiary/aromatic N) is 2. The van der Waals surface area contributed by atoms with Crippen LogP contribution in [0.25, 0.3) is 11.1 Å². The Morgan fingerprint density at radius 3 is 2.06 bits per heavy atom. The minimum atomic E-state index is 0.264. The summed E-state index contributed by atoms with van der Waals surface area (Å²) in [6, 6.07) is 31.3. The van der Waals surface area contributed by atoms with Crippen molar-refractivity contribution in [3.8, 4) is 11.1 Å². The van der Waals surface area contributed by atoms with Crippen LogP contribution in [0, 0.1) is 0 Å². The van der Waals surface area contributed by atoms with Crippen LogP contribution in [-0.2, 0) is 0 Å². The largest absolute Gasteiger partial charge is 0.380 e. The van der Waals surface area contributed by atoms with E-state index in [1.54, 1.807) is 6.20 Å². The van der Waals surface area contributed by atoms with Crippen molar-refractivity contribution in [2.24, 2.45) is 0 Å². The maximum absolute atomic E-state index is 4.65. The SMILES string of the molecule is CC(NC1=C(Nc2ccnc(Nc3ccc(-c4ccccc4)cc3)n2)CC1)c1ccccc1. The molecule has 0 saturated heterocycles. The van der Waals surface area contributed by atoms with Gasteiger partial charge in [0.25, 0.3) is 0 Å². The third-order valence-electron chi connectivity index (χ3n) is 5.86. The summed E-state index contributed by atoms with van der Waals surface area (Å²) < 4.78 is 0. The van der Waals surface area contributed by atoms with E-state index in [9.17, 15) is 0 Å². The minimum absolute atomic E-state index is 0.264. The molecule has 0 saturated carbocycles. The number of allylic oxidation sites excluding steroid dienone is 2. The molecule has 5 nitrogen and oxygen atoms in total. The number of hydrogen-bond donors (Lipinski definition) is 3. The molecule has 0 fully saturated rings. The average Bonchev–Trinajstić information content (AvgIpc) is 2.87. The van der Waals surface area contributed by atoms with E-state index in [4.69, 9.17) is 0 Å². The van der Waals surface area contributed by atoms with Crippen LogP contribution in [0.4, 0.5) is 17.5 Å². The van der Waals surface area contributed by atoms with Crippen LogP contribution in [0.15, 0.2) is 109 Å². The number of rotatable bonds is 8. The van der Waals surface area contributed by atoms with Gasteiger partial charge in [0.2, 0.25) is 5.95 Å². The van der Waals surface area contributed by atoms with E-state index in [1.165, 1.54) is 28.1 Å². The lowest BCUT2D eigenvalue weighted by Gasteiger charge is -2.29. The monoisotopic (exact) mass is 433 g/mol. The number of aromatic nitrogens is 2. The molecule has 1 heterocycles. The first-order valence-corrected chi connectivity index (χ1v) is 11.3. The van der Waals surface area contributed by atoms with E-state index in [-0.39, 0.29) is 6.04 Å². The van der Waals surface area contributed by atoms with Crippen LogP contribution in [-0.4, -0.2) is 9.97 Å². The Bertz CT molecular complexity index is 1230. The van der Waals surface area contributed by atoms with Gasteiger partial charge in [0, 0.05) is 29.3 Å². The molecule has 0 aliphatic heterocycles. The molecule has 33 heavy (non-hydrogen) atoms. The molecular formula is C28H27N5. The highest BCUT2D eigenvalue weighted by atomic mass is 15.1. The lowest BCUT2D eigenvalue weighted by Crippen LogP contribution is -2.27. The van der Waals surface area contributed by atoms with Gasteiger partial charge in [0.15, 0.2) is 0 Å². The summed E-state index contributed by atoms with van der Waals surface area (Å²) in [4.78, 5) is 9.03. The van der Waals surface area contributed by atoms with Gasteiger partial charge in [-0.25, -0.2) is 4.98 Å². The Kier molecular flexibility index (Phi) is 6.02. The fourth-order valence-electron chi connectivity index (χ4n) is 3.91. The second-order valence-corrected chi connectivity index (χ2v) is 8.19. The first-order valence-electron chi connectivity index (χ1n) is 11.3. The summed E-state index contributed by atoms with van der Waals surface area (Å²) in [7, 11) is 0. The van der Waals surface area contributed by atoms with Crippen molar-refractivity contribution in [3.05, 3.63) is 114 Å².